The number of fused-ring (bicyclic) bond motifs is 1. The van der Waals surface area contributed by atoms with Crippen molar-refractivity contribution in [3.05, 3.63) is 35.5 Å². The molecule has 4 nitrogen and oxygen atoms in total. The van der Waals surface area contributed by atoms with Crippen molar-refractivity contribution < 1.29 is 9.53 Å². The molecule has 2 aromatic rings. The number of nitrogens with zero attached hydrogens (tertiary/aromatic N) is 2. The first-order chi connectivity index (χ1) is 9.24. The van der Waals surface area contributed by atoms with E-state index in [1.165, 1.54) is 12.0 Å². The quantitative estimate of drug-likeness (QED) is 0.773. The first-order valence-electron chi connectivity index (χ1n) is 6.68. The van der Waals surface area contributed by atoms with Gasteiger partial charge in [0.05, 0.1) is 12.1 Å². The second-order valence-electron chi connectivity index (χ2n) is 4.45. The van der Waals surface area contributed by atoms with Gasteiger partial charge in [0, 0.05) is 5.39 Å². The third-order valence-corrected chi connectivity index (χ3v) is 2.95. The Morgan fingerprint density at radius 1 is 1.21 bits per heavy atom. The zero-order valence-electron chi connectivity index (χ0n) is 11.3. The molecule has 2 rings (SSSR count). The number of unbranched alkanes of at least 4 members (excludes halogenated alkanes) is 1. The maximum Gasteiger partial charge on any atom is 0.358 e. The Bertz CT molecular complexity index is 581. The van der Waals surface area contributed by atoms with Crippen LogP contribution in [0.4, 0.5) is 0 Å². The van der Waals surface area contributed by atoms with Crippen LogP contribution in [-0.4, -0.2) is 22.8 Å². The molecule has 1 aromatic heterocycles. The predicted molar refractivity (Wildman–Crippen MR) is 74.1 cm³/mol. The SMILES string of the molecule is CCCCc1ccc2nnc(C(=O)OCC)cc2c1. The van der Waals surface area contributed by atoms with Crippen molar-refractivity contribution in [1.82, 2.24) is 10.2 Å². The summed E-state index contributed by atoms with van der Waals surface area (Å²) in [5.41, 5.74) is 2.33. The van der Waals surface area contributed by atoms with E-state index in [1.807, 2.05) is 6.07 Å². The minimum atomic E-state index is -0.420. The number of aromatic nitrogens is 2. The molecule has 4 heteroatoms. The Labute approximate surface area is 112 Å². The largest absolute Gasteiger partial charge is 0.461 e. The lowest BCUT2D eigenvalue weighted by atomic mass is 10.1. The average molecular weight is 258 g/mol. The lowest BCUT2D eigenvalue weighted by Gasteiger charge is -2.04. The van der Waals surface area contributed by atoms with Crippen molar-refractivity contribution in [1.29, 1.82) is 0 Å². The molecule has 0 spiro atoms. The maximum atomic E-state index is 11.6. The van der Waals surface area contributed by atoms with Crippen LogP contribution in [0.3, 0.4) is 0 Å². The average Bonchev–Trinajstić information content (AvgIpc) is 2.44. The number of aryl methyl sites for hydroxylation is 1. The molecular weight excluding hydrogens is 240 g/mol. The van der Waals surface area contributed by atoms with E-state index in [9.17, 15) is 4.79 Å². The van der Waals surface area contributed by atoms with Crippen LogP contribution < -0.4 is 0 Å². The third kappa shape index (κ3) is 3.28. The molecule has 0 aliphatic rings. The molecule has 0 atom stereocenters. The van der Waals surface area contributed by atoms with Gasteiger partial charge in [-0.2, -0.15) is 0 Å². The normalized spacial score (nSPS) is 10.6. The van der Waals surface area contributed by atoms with Crippen molar-refractivity contribution >= 4 is 16.9 Å². The van der Waals surface area contributed by atoms with Crippen molar-refractivity contribution in [3.8, 4) is 0 Å². The molecule has 0 unspecified atom stereocenters. The van der Waals surface area contributed by atoms with E-state index in [1.54, 1.807) is 13.0 Å². The Hall–Kier alpha value is -1.97. The number of benzene rings is 1. The van der Waals surface area contributed by atoms with E-state index < -0.39 is 5.97 Å². The molecule has 0 amide bonds. The molecular formula is C15H18N2O2. The molecule has 19 heavy (non-hydrogen) atoms. The van der Waals surface area contributed by atoms with Crippen LogP contribution in [0, 0.1) is 0 Å². The molecule has 0 aliphatic carbocycles. The minimum Gasteiger partial charge on any atom is -0.461 e. The van der Waals surface area contributed by atoms with E-state index in [0.29, 0.717) is 6.61 Å². The summed E-state index contributed by atoms with van der Waals surface area (Å²) in [6.45, 7) is 4.29. The molecule has 0 aliphatic heterocycles. The van der Waals surface area contributed by atoms with E-state index in [0.717, 1.165) is 23.7 Å². The molecule has 1 heterocycles. The van der Waals surface area contributed by atoms with Crippen LogP contribution >= 0.6 is 0 Å². The third-order valence-electron chi connectivity index (χ3n) is 2.95. The van der Waals surface area contributed by atoms with Gasteiger partial charge in [-0.3, -0.25) is 0 Å². The summed E-state index contributed by atoms with van der Waals surface area (Å²) in [5, 5.41) is 8.88. The maximum absolute atomic E-state index is 11.6. The van der Waals surface area contributed by atoms with Crippen LogP contribution in [0.2, 0.25) is 0 Å². The molecule has 0 radical (unpaired) electrons. The topological polar surface area (TPSA) is 52.1 Å². The Kier molecular flexibility index (Phi) is 4.44. The molecule has 0 bridgehead atoms. The van der Waals surface area contributed by atoms with Gasteiger partial charge in [-0.25, -0.2) is 4.79 Å². The monoisotopic (exact) mass is 258 g/mol. The highest BCUT2D eigenvalue weighted by Crippen LogP contribution is 2.16. The van der Waals surface area contributed by atoms with Crippen molar-refractivity contribution in [2.45, 2.75) is 33.1 Å². The van der Waals surface area contributed by atoms with Gasteiger partial charge < -0.3 is 4.74 Å². The number of hydrogen-bond donors (Lipinski definition) is 0. The number of rotatable bonds is 5. The van der Waals surface area contributed by atoms with E-state index in [-0.39, 0.29) is 5.69 Å². The van der Waals surface area contributed by atoms with Gasteiger partial charge in [-0.05, 0) is 43.5 Å². The van der Waals surface area contributed by atoms with Gasteiger partial charge in [-0.1, -0.05) is 19.4 Å². The highest BCUT2D eigenvalue weighted by Gasteiger charge is 2.10. The van der Waals surface area contributed by atoms with E-state index >= 15 is 0 Å². The van der Waals surface area contributed by atoms with Gasteiger partial charge in [0.25, 0.3) is 0 Å². The fraction of sp³-hybridized carbons (Fsp3) is 0.400. The zero-order chi connectivity index (χ0) is 13.7. The molecule has 1 aromatic carbocycles. The lowest BCUT2D eigenvalue weighted by molar-refractivity contribution is 0.0518. The van der Waals surface area contributed by atoms with Crippen molar-refractivity contribution in [2.24, 2.45) is 0 Å². The molecule has 0 saturated heterocycles. The van der Waals surface area contributed by atoms with Gasteiger partial charge in [0.1, 0.15) is 0 Å². The number of carbonyl (C=O) groups is 1. The summed E-state index contributed by atoms with van der Waals surface area (Å²) in [6.07, 6.45) is 3.37. The summed E-state index contributed by atoms with van der Waals surface area (Å²) in [4.78, 5) is 11.6. The summed E-state index contributed by atoms with van der Waals surface area (Å²) >= 11 is 0. The predicted octanol–water partition coefficient (Wildman–Crippen LogP) is 3.15. The summed E-state index contributed by atoms with van der Waals surface area (Å²) in [6, 6.07) is 7.83. The number of esters is 1. The Morgan fingerprint density at radius 2 is 2.05 bits per heavy atom. The summed E-state index contributed by atoms with van der Waals surface area (Å²) in [5.74, 6) is -0.420. The van der Waals surface area contributed by atoms with Crippen LogP contribution in [-0.2, 0) is 11.2 Å². The summed E-state index contributed by atoms with van der Waals surface area (Å²) < 4.78 is 4.93. The Balaban J connectivity index is 2.31. The second kappa shape index (κ2) is 6.27. The van der Waals surface area contributed by atoms with Crippen molar-refractivity contribution in [2.75, 3.05) is 6.61 Å². The second-order valence-corrected chi connectivity index (χ2v) is 4.45. The van der Waals surface area contributed by atoms with Gasteiger partial charge in [-0.15, -0.1) is 10.2 Å². The van der Waals surface area contributed by atoms with Crippen LogP contribution in [0.25, 0.3) is 10.9 Å². The molecule has 0 saturated carbocycles. The van der Waals surface area contributed by atoms with Gasteiger partial charge in [0.15, 0.2) is 5.69 Å². The van der Waals surface area contributed by atoms with E-state index in [2.05, 4.69) is 29.3 Å². The zero-order valence-corrected chi connectivity index (χ0v) is 11.3. The van der Waals surface area contributed by atoms with Crippen LogP contribution in [0.1, 0.15) is 42.7 Å². The fourth-order valence-corrected chi connectivity index (χ4v) is 1.94. The van der Waals surface area contributed by atoms with Crippen molar-refractivity contribution in [3.63, 3.8) is 0 Å². The number of carbonyl (C=O) groups excluding carboxylic acids is 1. The molecule has 0 N–H and O–H groups in total. The number of ether oxygens (including phenoxy) is 1. The van der Waals surface area contributed by atoms with Crippen LogP contribution in [0.5, 0.6) is 0 Å². The number of hydrogen-bond acceptors (Lipinski definition) is 4. The first kappa shape index (κ1) is 13.5. The fourth-order valence-electron chi connectivity index (χ4n) is 1.94. The molecule has 0 fully saturated rings. The van der Waals surface area contributed by atoms with E-state index in [4.69, 9.17) is 4.74 Å². The smallest absolute Gasteiger partial charge is 0.358 e. The minimum absolute atomic E-state index is 0.266. The molecule has 100 valence electrons. The summed E-state index contributed by atoms with van der Waals surface area (Å²) in [7, 11) is 0. The van der Waals surface area contributed by atoms with Gasteiger partial charge in [0.2, 0.25) is 0 Å². The lowest BCUT2D eigenvalue weighted by Crippen LogP contribution is -2.08. The highest BCUT2D eigenvalue weighted by atomic mass is 16.5. The van der Waals surface area contributed by atoms with Crippen LogP contribution in [0.15, 0.2) is 24.3 Å². The first-order valence-corrected chi connectivity index (χ1v) is 6.68. The Morgan fingerprint density at radius 3 is 2.79 bits per heavy atom. The standard InChI is InChI=1S/C15H18N2O2/c1-3-5-6-11-7-8-13-12(9-11)10-14(17-16-13)15(18)19-4-2/h7-10H,3-6H2,1-2H3. The highest BCUT2D eigenvalue weighted by molar-refractivity contribution is 5.91. The van der Waals surface area contributed by atoms with Gasteiger partial charge >= 0.3 is 5.97 Å².